The number of ether oxygens (including phenoxy) is 1. The van der Waals surface area contributed by atoms with Crippen LogP contribution in [0.25, 0.3) is 11.3 Å². The molecular weight excluding hydrogens is 370 g/mol. The molecule has 0 saturated heterocycles. The molecule has 3 aromatic rings. The van der Waals surface area contributed by atoms with Crippen molar-refractivity contribution in [2.24, 2.45) is 0 Å². The van der Waals surface area contributed by atoms with Crippen molar-refractivity contribution in [1.82, 2.24) is 4.98 Å². The highest BCUT2D eigenvalue weighted by Gasteiger charge is 2.15. The quantitative estimate of drug-likeness (QED) is 0.692. The molecule has 128 valence electrons. The van der Waals surface area contributed by atoms with E-state index < -0.39 is 17.5 Å². The summed E-state index contributed by atoms with van der Waals surface area (Å²) in [6.45, 7) is 0. The Hall–Kier alpha value is -2.51. The topological polar surface area (TPSA) is 51.2 Å². The molecule has 0 radical (unpaired) electrons. The molecule has 0 spiro atoms. The maximum Gasteiger partial charge on any atom is 0.261 e. The number of nitrogens with zero attached hydrogens (tertiary/aromatic N) is 1. The average molecular weight is 381 g/mol. The molecule has 1 heterocycles. The predicted molar refractivity (Wildman–Crippen MR) is 93.4 cm³/mol. The maximum atomic E-state index is 13.3. The van der Waals surface area contributed by atoms with Gasteiger partial charge in [0.25, 0.3) is 5.91 Å². The third-order valence-electron chi connectivity index (χ3n) is 3.35. The maximum absolute atomic E-state index is 13.3. The lowest BCUT2D eigenvalue weighted by Gasteiger charge is -2.08. The Balaban J connectivity index is 1.83. The zero-order valence-electron chi connectivity index (χ0n) is 12.8. The highest BCUT2D eigenvalue weighted by Crippen LogP contribution is 2.28. The summed E-state index contributed by atoms with van der Waals surface area (Å²) >= 11 is 7.08. The Morgan fingerprint density at radius 1 is 1.20 bits per heavy atom. The number of halogens is 3. The molecule has 0 saturated carbocycles. The van der Waals surface area contributed by atoms with Gasteiger partial charge in [-0.25, -0.2) is 13.8 Å². The van der Waals surface area contributed by atoms with E-state index in [1.54, 1.807) is 17.5 Å². The molecule has 2 aromatic carbocycles. The van der Waals surface area contributed by atoms with E-state index in [1.807, 2.05) is 0 Å². The standard InChI is InChI=1S/C17H11ClF2N2O2S/c1-24-15-5-3-10(18)7-11(15)16(23)22-17-21-14(8-25-17)9-2-4-12(19)13(20)6-9/h2-8H,1H3,(H,21,22,23). The lowest BCUT2D eigenvalue weighted by atomic mass is 10.2. The fourth-order valence-electron chi connectivity index (χ4n) is 2.14. The van der Waals surface area contributed by atoms with Crippen LogP contribution in [0.3, 0.4) is 0 Å². The largest absolute Gasteiger partial charge is 0.496 e. The van der Waals surface area contributed by atoms with E-state index in [4.69, 9.17) is 16.3 Å². The van der Waals surface area contributed by atoms with Crippen molar-refractivity contribution in [2.75, 3.05) is 12.4 Å². The first-order valence-corrected chi connectivity index (χ1v) is 8.29. The molecule has 4 nitrogen and oxygen atoms in total. The van der Waals surface area contributed by atoms with E-state index in [9.17, 15) is 13.6 Å². The molecule has 0 aliphatic rings. The average Bonchev–Trinajstić information content (AvgIpc) is 3.05. The Bertz CT molecular complexity index is 946. The summed E-state index contributed by atoms with van der Waals surface area (Å²) in [5.74, 6) is -1.95. The number of rotatable bonds is 4. The van der Waals surface area contributed by atoms with Crippen LogP contribution in [0.4, 0.5) is 13.9 Å². The Morgan fingerprint density at radius 3 is 2.72 bits per heavy atom. The smallest absolute Gasteiger partial charge is 0.261 e. The highest BCUT2D eigenvalue weighted by atomic mass is 35.5. The number of amides is 1. The van der Waals surface area contributed by atoms with Gasteiger partial charge in [-0.15, -0.1) is 11.3 Å². The van der Waals surface area contributed by atoms with Crippen LogP contribution in [0.15, 0.2) is 41.8 Å². The van der Waals surface area contributed by atoms with E-state index in [0.717, 1.165) is 23.5 Å². The minimum atomic E-state index is -0.959. The summed E-state index contributed by atoms with van der Waals surface area (Å²) in [7, 11) is 1.45. The molecule has 0 aliphatic carbocycles. The van der Waals surface area contributed by atoms with Crippen LogP contribution < -0.4 is 10.1 Å². The van der Waals surface area contributed by atoms with Gasteiger partial charge in [0.05, 0.1) is 18.4 Å². The predicted octanol–water partition coefficient (Wildman–Crippen LogP) is 5.00. The molecule has 8 heteroatoms. The third kappa shape index (κ3) is 3.78. The van der Waals surface area contributed by atoms with Crippen LogP contribution in [-0.4, -0.2) is 18.0 Å². The number of methoxy groups -OCH3 is 1. The van der Waals surface area contributed by atoms with Gasteiger partial charge in [0.2, 0.25) is 0 Å². The molecule has 1 N–H and O–H groups in total. The molecular formula is C17H11ClF2N2O2S. The van der Waals surface area contributed by atoms with Crippen LogP contribution >= 0.6 is 22.9 Å². The molecule has 0 fully saturated rings. The number of anilines is 1. The molecule has 1 aromatic heterocycles. The number of carbonyl (C=O) groups excluding carboxylic acids is 1. The fourth-order valence-corrected chi connectivity index (χ4v) is 3.03. The van der Waals surface area contributed by atoms with Gasteiger partial charge in [-0.05, 0) is 36.4 Å². The Morgan fingerprint density at radius 2 is 2.00 bits per heavy atom. The molecule has 0 unspecified atom stereocenters. The van der Waals surface area contributed by atoms with Crippen LogP contribution in [-0.2, 0) is 0 Å². The van der Waals surface area contributed by atoms with Gasteiger partial charge in [-0.2, -0.15) is 0 Å². The molecule has 0 bridgehead atoms. The van der Waals surface area contributed by atoms with Crippen molar-refractivity contribution in [3.8, 4) is 17.0 Å². The SMILES string of the molecule is COc1ccc(Cl)cc1C(=O)Nc1nc(-c2ccc(F)c(F)c2)cs1. The minimum Gasteiger partial charge on any atom is -0.496 e. The van der Waals surface area contributed by atoms with E-state index >= 15 is 0 Å². The second-order valence-corrected chi connectivity index (χ2v) is 6.26. The van der Waals surface area contributed by atoms with Gasteiger partial charge in [0.1, 0.15) is 5.75 Å². The van der Waals surface area contributed by atoms with Crippen molar-refractivity contribution in [2.45, 2.75) is 0 Å². The van der Waals surface area contributed by atoms with Gasteiger partial charge >= 0.3 is 0 Å². The normalized spacial score (nSPS) is 10.6. The highest BCUT2D eigenvalue weighted by molar-refractivity contribution is 7.14. The summed E-state index contributed by atoms with van der Waals surface area (Å²) in [4.78, 5) is 16.6. The second kappa shape index (κ2) is 7.16. The number of aromatic nitrogens is 1. The first-order valence-electron chi connectivity index (χ1n) is 7.04. The van der Waals surface area contributed by atoms with Crippen LogP contribution in [0.2, 0.25) is 5.02 Å². The number of nitrogens with one attached hydrogen (secondary N) is 1. The third-order valence-corrected chi connectivity index (χ3v) is 4.34. The first-order chi connectivity index (χ1) is 12.0. The first kappa shape index (κ1) is 17.3. The summed E-state index contributed by atoms with van der Waals surface area (Å²) in [6.07, 6.45) is 0. The van der Waals surface area contributed by atoms with Crippen molar-refractivity contribution < 1.29 is 18.3 Å². The van der Waals surface area contributed by atoms with E-state index in [0.29, 0.717) is 27.2 Å². The van der Waals surface area contributed by atoms with Gasteiger partial charge in [-0.1, -0.05) is 11.6 Å². The molecule has 25 heavy (non-hydrogen) atoms. The zero-order valence-corrected chi connectivity index (χ0v) is 14.4. The molecule has 0 atom stereocenters. The van der Waals surface area contributed by atoms with Gasteiger partial charge in [0, 0.05) is 16.0 Å². The Kier molecular flexibility index (Phi) is 4.96. The zero-order chi connectivity index (χ0) is 18.0. The number of hydrogen-bond donors (Lipinski definition) is 1. The Labute approximate surface area is 151 Å². The monoisotopic (exact) mass is 380 g/mol. The summed E-state index contributed by atoms with van der Waals surface area (Å²) in [5, 5.41) is 4.98. The summed E-state index contributed by atoms with van der Waals surface area (Å²) < 4.78 is 31.5. The lowest BCUT2D eigenvalue weighted by Crippen LogP contribution is -2.13. The van der Waals surface area contributed by atoms with E-state index in [1.165, 1.54) is 19.2 Å². The minimum absolute atomic E-state index is 0.263. The van der Waals surface area contributed by atoms with Crippen molar-refractivity contribution in [1.29, 1.82) is 0 Å². The number of hydrogen-bond acceptors (Lipinski definition) is 4. The van der Waals surface area contributed by atoms with Crippen molar-refractivity contribution in [3.05, 3.63) is 64.0 Å². The van der Waals surface area contributed by atoms with E-state index in [2.05, 4.69) is 10.3 Å². The van der Waals surface area contributed by atoms with Gasteiger partial charge in [-0.3, -0.25) is 10.1 Å². The van der Waals surface area contributed by atoms with Crippen molar-refractivity contribution in [3.63, 3.8) is 0 Å². The van der Waals surface area contributed by atoms with Crippen LogP contribution in [0.1, 0.15) is 10.4 Å². The number of benzene rings is 2. The number of thiazole rings is 1. The van der Waals surface area contributed by atoms with Crippen LogP contribution in [0, 0.1) is 11.6 Å². The molecule has 1 amide bonds. The second-order valence-electron chi connectivity index (χ2n) is 4.97. The molecule has 3 rings (SSSR count). The van der Waals surface area contributed by atoms with Crippen LogP contribution in [0.5, 0.6) is 5.75 Å². The summed E-state index contributed by atoms with van der Waals surface area (Å²) in [5.41, 5.74) is 1.10. The number of carbonyl (C=O) groups is 1. The summed E-state index contributed by atoms with van der Waals surface area (Å²) in [6, 6.07) is 8.18. The van der Waals surface area contributed by atoms with Gasteiger partial charge < -0.3 is 4.74 Å². The van der Waals surface area contributed by atoms with E-state index in [-0.39, 0.29) is 5.56 Å². The van der Waals surface area contributed by atoms with Gasteiger partial charge in [0.15, 0.2) is 16.8 Å². The lowest BCUT2D eigenvalue weighted by molar-refractivity contribution is 0.102. The molecule has 0 aliphatic heterocycles. The fraction of sp³-hybridized carbons (Fsp3) is 0.0588. The van der Waals surface area contributed by atoms with Crippen molar-refractivity contribution >= 4 is 34.0 Å².